The number of benzene rings is 1. The predicted molar refractivity (Wildman–Crippen MR) is 101 cm³/mol. The van der Waals surface area contributed by atoms with Crippen molar-refractivity contribution >= 4 is 17.7 Å². The highest BCUT2D eigenvalue weighted by Crippen LogP contribution is 2.32. The number of carbonyl (C=O) groups excluding carboxylic acids is 1. The summed E-state index contributed by atoms with van der Waals surface area (Å²) in [7, 11) is 1.58. The van der Waals surface area contributed by atoms with Crippen LogP contribution in [0.5, 0.6) is 5.75 Å². The zero-order chi connectivity index (χ0) is 19.3. The van der Waals surface area contributed by atoms with Crippen LogP contribution in [0.1, 0.15) is 39.0 Å². The highest BCUT2D eigenvalue weighted by atomic mass is 32.2. The Balaban J connectivity index is 1.66. The summed E-state index contributed by atoms with van der Waals surface area (Å²) < 4.78 is 11.0. The van der Waals surface area contributed by atoms with Crippen molar-refractivity contribution in [1.29, 1.82) is 5.26 Å². The number of ether oxygens (including phenoxy) is 1. The van der Waals surface area contributed by atoms with Crippen LogP contribution >= 0.6 is 11.8 Å². The lowest BCUT2D eigenvalue weighted by molar-refractivity contribution is -0.122. The van der Waals surface area contributed by atoms with E-state index in [1.54, 1.807) is 14.0 Å². The molecule has 1 aliphatic rings. The molecule has 0 saturated heterocycles. The fourth-order valence-electron chi connectivity index (χ4n) is 3.15. The number of nitrogens with zero attached hydrogens (tertiary/aromatic N) is 3. The Morgan fingerprint density at radius 2 is 2.07 bits per heavy atom. The van der Waals surface area contributed by atoms with E-state index in [4.69, 9.17) is 9.15 Å². The van der Waals surface area contributed by atoms with Crippen molar-refractivity contribution < 1.29 is 13.9 Å². The molecular weight excluding hydrogens is 364 g/mol. The molecule has 142 valence electrons. The predicted octanol–water partition coefficient (Wildman–Crippen LogP) is 3.57. The minimum absolute atomic E-state index is 0.194. The fourth-order valence-corrected chi connectivity index (χ4v) is 3.83. The van der Waals surface area contributed by atoms with Crippen LogP contribution in [0.25, 0.3) is 11.5 Å². The van der Waals surface area contributed by atoms with E-state index in [1.807, 2.05) is 24.3 Å². The standard InChI is InChI=1S/C19H22N4O3S/c1-13(16(24)21-19(12-20)10-6-3-7-11-19)27-18-23-22-17(26-18)14-8-4-5-9-15(14)25-2/h4-5,8-9,13H,3,6-7,10-11H2,1-2H3,(H,21,24)/t13-/m1/s1. The van der Waals surface area contributed by atoms with Gasteiger partial charge in [-0.3, -0.25) is 4.79 Å². The number of nitriles is 1. The van der Waals surface area contributed by atoms with Gasteiger partial charge in [0.15, 0.2) is 0 Å². The van der Waals surface area contributed by atoms with E-state index >= 15 is 0 Å². The molecule has 0 aliphatic heterocycles. The minimum Gasteiger partial charge on any atom is -0.496 e. The van der Waals surface area contributed by atoms with Crippen LogP contribution in [0.3, 0.4) is 0 Å². The molecule has 0 spiro atoms. The van der Waals surface area contributed by atoms with Gasteiger partial charge in [-0.2, -0.15) is 5.26 Å². The zero-order valence-electron chi connectivity index (χ0n) is 15.4. The van der Waals surface area contributed by atoms with Crippen LogP contribution in [0.15, 0.2) is 33.9 Å². The van der Waals surface area contributed by atoms with Gasteiger partial charge < -0.3 is 14.5 Å². The first kappa shape index (κ1) is 19.2. The van der Waals surface area contributed by atoms with Gasteiger partial charge in [0.2, 0.25) is 5.91 Å². The number of nitrogens with one attached hydrogen (secondary N) is 1. The zero-order valence-corrected chi connectivity index (χ0v) is 16.2. The first-order valence-electron chi connectivity index (χ1n) is 8.94. The van der Waals surface area contributed by atoms with E-state index in [9.17, 15) is 10.1 Å². The molecule has 8 heteroatoms. The average molecular weight is 386 g/mol. The summed E-state index contributed by atoms with van der Waals surface area (Å²) >= 11 is 1.18. The molecule has 0 radical (unpaired) electrons. The highest BCUT2D eigenvalue weighted by molar-refractivity contribution is 8.00. The first-order valence-corrected chi connectivity index (χ1v) is 9.82. The van der Waals surface area contributed by atoms with Gasteiger partial charge in [-0.1, -0.05) is 43.2 Å². The van der Waals surface area contributed by atoms with Gasteiger partial charge in [0.1, 0.15) is 11.3 Å². The second-order valence-electron chi connectivity index (χ2n) is 6.58. The molecule has 1 aliphatic carbocycles. The lowest BCUT2D eigenvalue weighted by atomic mass is 9.83. The fraction of sp³-hybridized carbons (Fsp3) is 0.474. The highest BCUT2D eigenvalue weighted by Gasteiger charge is 2.35. The molecule has 1 aromatic heterocycles. The maximum atomic E-state index is 12.6. The molecule has 1 fully saturated rings. The van der Waals surface area contributed by atoms with E-state index in [-0.39, 0.29) is 5.91 Å². The third kappa shape index (κ3) is 4.42. The summed E-state index contributed by atoms with van der Waals surface area (Å²) in [5.74, 6) is 0.778. The number of hydrogen-bond acceptors (Lipinski definition) is 7. The Bertz CT molecular complexity index is 839. The molecule has 1 amide bonds. The molecule has 1 heterocycles. The Hall–Kier alpha value is -2.53. The van der Waals surface area contributed by atoms with E-state index in [2.05, 4.69) is 21.6 Å². The summed E-state index contributed by atoms with van der Waals surface area (Å²) in [6.45, 7) is 1.76. The summed E-state index contributed by atoms with van der Waals surface area (Å²) in [5.41, 5.74) is -0.0521. The molecule has 1 N–H and O–H groups in total. The van der Waals surface area contributed by atoms with E-state index in [0.29, 0.717) is 35.3 Å². The molecule has 1 atom stereocenters. The first-order chi connectivity index (χ1) is 13.1. The Morgan fingerprint density at radius 1 is 1.33 bits per heavy atom. The maximum absolute atomic E-state index is 12.6. The van der Waals surface area contributed by atoms with Crippen molar-refractivity contribution in [1.82, 2.24) is 15.5 Å². The van der Waals surface area contributed by atoms with Gasteiger partial charge in [-0.25, -0.2) is 0 Å². The summed E-state index contributed by atoms with van der Waals surface area (Å²) in [5, 5.41) is 20.4. The monoisotopic (exact) mass is 386 g/mol. The molecule has 0 bridgehead atoms. The van der Waals surface area contributed by atoms with E-state index in [0.717, 1.165) is 19.3 Å². The lowest BCUT2D eigenvalue weighted by Gasteiger charge is -2.32. The molecule has 2 aromatic rings. The lowest BCUT2D eigenvalue weighted by Crippen LogP contribution is -2.50. The number of rotatable bonds is 6. The van der Waals surface area contributed by atoms with Gasteiger partial charge in [0.05, 0.1) is 24.0 Å². The minimum atomic E-state index is -0.748. The quantitative estimate of drug-likeness (QED) is 0.757. The van der Waals surface area contributed by atoms with Gasteiger partial charge in [0.25, 0.3) is 11.1 Å². The van der Waals surface area contributed by atoms with Crippen LogP contribution in [-0.4, -0.2) is 34.0 Å². The van der Waals surface area contributed by atoms with Crippen LogP contribution in [0.4, 0.5) is 0 Å². The second-order valence-corrected chi connectivity index (χ2v) is 7.87. The normalized spacial score (nSPS) is 16.9. The molecule has 0 unspecified atom stereocenters. The number of hydrogen-bond donors (Lipinski definition) is 1. The topological polar surface area (TPSA) is 101 Å². The van der Waals surface area contributed by atoms with E-state index in [1.165, 1.54) is 11.8 Å². The SMILES string of the molecule is COc1ccccc1-c1nnc(S[C@H](C)C(=O)NC2(C#N)CCCCC2)o1. The summed E-state index contributed by atoms with van der Waals surface area (Å²) in [4.78, 5) is 12.6. The summed E-state index contributed by atoms with van der Waals surface area (Å²) in [6, 6.07) is 9.66. The molecule has 1 aromatic carbocycles. The van der Waals surface area contributed by atoms with Crippen molar-refractivity contribution in [3.8, 4) is 23.3 Å². The molecule has 7 nitrogen and oxygen atoms in total. The van der Waals surface area contributed by atoms with E-state index < -0.39 is 10.8 Å². The smallest absolute Gasteiger partial charge is 0.277 e. The maximum Gasteiger partial charge on any atom is 0.277 e. The number of aromatic nitrogens is 2. The largest absolute Gasteiger partial charge is 0.496 e. The molecular formula is C19H22N4O3S. The van der Waals surface area contributed by atoms with Crippen molar-refractivity contribution in [2.24, 2.45) is 0 Å². The van der Waals surface area contributed by atoms with Gasteiger partial charge in [0, 0.05) is 0 Å². The van der Waals surface area contributed by atoms with Gasteiger partial charge >= 0.3 is 0 Å². The van der Waals surface area contributed by atoms with Crippen LogP contribution in [0.2, 0.25) is 0 Å². The third-order valence-electron chi connectivity index (χ3n) is 4.67. The number of thioether (sulfide) groups is 1. The van der Waals surface area contributed by atoms with Crippen LogP contribution < -0.4 is 10.1 Å². The Morgan fingerprint density at radius 3 is 2.78 bits per heavy atom. The van der Waals surface area contributed by atoms with Gasteiger partial charge in [-0.15, -0.1) is 10.2 Å². The van der Waals surface area contributed by atoms with Crippen molar-refractivity contribution in [3.63, 3.8) is 0 Å². The van der Waals surface area contributed by atoms with Crippen LogP contribution in [0, 0.1) is 11.3 Å². The molecule has 1 saturated carbocycles. The number of methoxy groups -OCH3 is 1. The molecule has 3 rings (SSSR count). The number of para-hydroxylation sites is 1. The number of amides is 1. The van der Waals surface area contributed by atoms with Crippen LogP contribution in [-0.2, 0) is 4.79 Å². The van der Waals surface area contributed by atoms with Crippen molar-refractivity contribution in [3.05, 3.63) is 24.3 Å². The van der Waals surface area contributed by atoms with Crippen molar-refractivity contribution in [2.45, 2.75) is 55.0 Å². The summed E-state index contributed by atoms with van der Waals surface area (Å²) in [6.07, 6.45) is 4.43. The third-order valence-corrected chi connectivity index (χ3v) is 5.61. The molecule has 27 heavy (non-hydrogen) atoms. The Kier molecular flexibility index (Phi) is 6.01. The van der Waals surface area contributed by atoms with Gasteiger partial charge in [-0.05, 0) is 31.9 Å². The second kappa shape index (κ2) is 8.44. The van der Waals surface area contributed by atoms with Crippen molar-refractivity contribution in [2.75, 3.05) is 7.11 Å². The average Bonchev–Trinajstić information content (AvgIpc) is 3.16. The number of carbonyl (C=O) groups is 1. The Labute approximate surface area is 162 Å².